The molecule has 0 saturated carbocycles. The molecule has 4 rings (SSSR count). The standard InChI is InChI=1S/C20H24N8O4S2/c21-18(22)15-11(12-2-1-3-13-16(12)27-19(23)26-13)4-5-14(17(15)34(25,31)32)33(30)10-6-8-28(9-7-10)20(24)29/h1-5,10H,6-9H2,(H3,21,22)(H2,24,29)(H3,23,26,27)(H2,25,31,32). The predicted molar refractivity (Wildman–Crippen MR) is 129 cm³/mol. The van der Waals surface area contributed by atoms with E-state index in [1.54, 1.807) is 24.3 Å². The molecule has 2 amide bonds. The molecule has 0 bridgehead atoms. The lowest BCUT2D eigenvalue weighted by atomic mass is 9.97. The van der Waals surface area contributed by atoms with Crippen molar-refractivity contribution in [3.05, 3.63) is 35.9 Å². The van der Waals surface area contributed by atoms with Crippen LogP contribution >= 0.6 is 0 Å². The zero-order valence-corrected chi connectivity index (χ0v) is 19.6. The van der Waals surface area contributed by atoms with Crippen LogP contribution in [0.2, 0.25) is 0 Å². The van der Waals surface area contributed by atoms with Crippen LogP contribution in [0, 0.1) is 5.41 Å². The first-order valence-corrected chi connectivity index (χ1v) is 13.0. The summed E-state index contributed by atoms with van der Waals surface area (Å²) in [5, 5.41) is 13.3. The van der Waals surface area contributed by atoms with Crippen LogP contribution in [0.5, 0.6) is 0 Å². The fourth-order valence-electron chi connectivity index (χ4n) is 4.23. The van der Waals surface area contributed by atoms with Gasteiger partial charge in [0.05, 0.1) is 26.7 Å². The minimum Gasteiger partial charge on any atom is -0.384 e. The van der Waals surface area contributed by atoms with Crippen molar-refractivity contribution in [2.75, 3.05) is 18.8 Å². The first kappa shape index (κ1) is 23.7. The molecule has 2 aromatic carbocycles. The number of amidine groups is 1. The molecule has 1 unspecified atom stereocenters. The van der Waals surface area contributed by atoms with Crippen molar-refractivity contribution in [2.45, 2.75) is 27.9 Å². The molecular formula is C20H24N8O4S2. The summed E-state index contributed by atoms with van der Waals surface area (Å²) in [5.41, 5.74) is 18.6. The largest absolute Gasteiger partial charge is 0.384 e. The monoisotopic (exact) mass is 504 g/mol. The summed E-state index contributed by atoms with van der Waals surface area (Å²) in [6.07, 6.45) is 0.727. The van der Waals surface area contributed by atoms with Gasteiger partial charge in [-0.15, -0.1) is 0 Å². The molecule has 1 aliphatic heterocycles. The van der Waals surface area contributed by atoms with E-state index < -0.39 is 42.8 Å². The van der Waals surface area contributed by atoms with Crippen LogP contribution in [0.15, 0.2) is 40.1 Å². The molecule has 0 aliphatic carbocycles. The Morgan fingerprint density at radius 3 is 2.41 bits per heavy atom. The van der Waals surface area contributed by atoms with E-state index in [4.69, 9.17) is 27.7 Å². The number of aromatic amines is 1. The van der Waals surface area contributed by atoms with Crippen molar-refractivity contribution < 1.29 is 17.4 Å². The molecule has 1 atom stereocenters. The highest BCUT2D eigenvalue weighted by molar-refractivity contribution is 7.91. The third-order valence-corrected chi connectivity index (χ3v) is 8.74. The maximum absolute atomic E-state index is 13.5. The highest BCUT2D eigenvalue weighted by Gasteiger charge is 2.33. The number of primary amides is 1. The number of rotatable bonds is 5. The van der Waals surface area contributed by atoms with Gasteiger partial charge < -0.3 is 27.1 Å². The van der Waals surface area contributed by atoms with E-state index in [9.17, 15) is 17.4 Å². The summed E-state index contributed by atoms with van der Waals surface area (Å²) in [7, 11) is -6.25. The van der Waals surface area contributed by atoms with Gasteiger partial charge in [0.25, 0.3) is 0 Å². The Morgan fingerprint density at radius 2 is 1.82 bits per heavy atom. The number of amides is 2. The number of fused-ring (bicyclic) bond motifs is 1. The quantitative estimate of drug-likeness (QED) is 0.211. The highest BCUT2D eigenvalue weighted by Crippen LogP contribution is 2.37. The summed E-state index contributed by atoms with van der Waals surface area (Å²) in [6.45, 7) is 0.605. The molecule has 3 aromatic rings. The van der Waals surface area contributed by atoms with Gasteiger partial charge in [0.2, 0.25) is 10.0 Å². The number of hydrogen-bond acceptors (Lipinski definition) is 7. The number of anilines is 1. The number of piperidine rings is 1. The summed E-state index contributed by atoms with van der Waals surface area (Å²) < 4.78 is 39.0. The van der Waals surface area contributed by atoms with Crippen molar-refractivity contribution >= 4 is 49.7 Å². The number of hydrogen-bond donors (Lipinski definition) is 6. The Hall–Kier alpha value is -3.49. The number of carbonyl (C=O) groups excluding carboxylic acids is 1. The Labute approximate surface area is 197 Å². The number of para-hydroxylation sites is 1. The predicted octanol–water partition coefficient (Wildman–Crippen LogP) is 0.394. The van der Waals surface area contributed by atoms with E-state index in [1.165, 1.54) is 11.0 Å². The van der Waals surface area contributed by atoms with E-state index in [0.717, 1.165) is 0 Å². The van der Waals surface area contributed by atoms with Crippen LogP contribution in [0.3, 0.4) is 0 Å². The van der Waals surface area contributed by atoms with E-state index >= 15 is 0 Å². The van der Waals surface area contributed by atoms with Gasteiger partial charge in [-0.3, -0.25) is 9.62 Å². The second-order valence-corrected chi connectivity index (χ2v) is 11.1. The van der Waals surface area contributed by atoms with Gasteiger partial charge in [-0.2, -0.15) is 0 Å². The normalized spacial score (nSPS) is 16.0. The average Bonchev–Trinajstić information content (AvgIpc) is 3.17. The molecule has 0 radical (unpaired) electrons. The van der Waals surface area contributed by atoms with Crippen molar-refractivity contribution in [3.63, 3.8) is 0 Å². The van der Waals surface area contributed by atoms with Gasteiger partial charge in [0.1, 0.15) is 10.7 Å². The number of aromatic nitrogens is 2. The second kappa shape index (κ2) is 8.70. The number of carbonyl (C=O) groups is 1. The van der Waals surface area contributed by atoms with Crippen molar-refractivity contribution in [3.8, 4) is 11.1 Å². The number of nitrogens with two attached hydrogens (primary N) is 4. The Bertz CT molecular complexity index is 1440. The molecule has 2 heterocycles. The molecule has 1 fully saturated rings. The van der Waals surface area contributed by atoms with E-state index in [2.05, 4.69) is 9.97 Å². The number of nitrogens with one attached hydrogen (secondary N) is 2. The molecule has 10 N–H and O–H groups in total. The van der Waals surface area contributed by atoms with Crippen LogP contribution in [-0.2, 0) is 20.8 Å². The van der Waals surface area contributed by atoms with E-state index in [0.29, 0.717) is 42.5 Å². The maximum atomic E-state index is 13.5. The Balaban J connectivity index is 1.89. The van der Waals surface area contributed by atoms with Crippen molar-refractivity contribution in [1.82, 2.24) is 14.9 Å². The van der Waals surface area contributed by atoms with Gasteiger partial charge in [-0.05, 0) is 30.5 Å². The lowest BCUT2D eigenvalue weighted by molar-refractivity contribution is 0.197. The summed E-state index contributed by atoms with van der Waals surface area (Å²) in [4.78, 5) is 19.5. The van der Waals surface area contributed by atoms with E-state index in [1.807, 2.05) is 0 Å². The summed E-state index contributed by atoms with van der Waals surface area (Å²) >= 11 is 0. The van der Waals surface area contributed by atoms with Gasteiger partial charge in [0.15, 0.2) is 5.95 Å². The molecule has 12 nitrogen and oxygen atoms in total. The van der Waals surface area contributed by atoms with Crippen LogP contribution in [0.25, 0.3) is 22.2 Å². The molecular weight excluding hydrogens is 480 g/mol. The number of benzene rings is 2. The Morgan fingerprint density at radius 1 is 1.15 bits per heavy atom. The fourth-order valence-corrected chi connectivity index (χ4v) is 7.17. The SMILES string of the molecule is N=C(N)c1c(-c2cccc3[nH]c(N)nc23)ccc(S(=O)C2CCN(C(N)=O)CC2)c1S(N)(=O)=O. The van der Waals surface area contributed by atoms with Gasteiger partial charge in [0, 0.05) is 29.5 Å². The topological polar surface area (TPSA) is 228 Å². The first-order chi connectivity index (χ1) is 16.0. The zero-order chi connectivity index (χ0) is 24.8. The number of likely N-dealkylation sites (tertiary alicyclic amines) is 1. The molecule has 1 aromatic heterocycles. The van der Waals surface area contributed by atoms with Crippen molar-refractivity contribution in [2.24, 2.45) is 16.6 Å². The molecule has 14 heteroatoms. The third-order valence-electron chi connectivity index (χ3n) is 5.77. The number of nitrogens with zero attached hydrogens (tertiary/aromatic N) is 2. The minimum absolute atomic E-state index is 0.0392. The van der Waals surface area contributed by atoms with Gasteiger partial charge >= 0.3 is 6.03 Å². The summed E-state index contributed by atoms with van der Waals surface area (Å²) in [6, 6.07) is 7.56. The number of imidazole rings is 1. The van der Waals surface area contributed by atoms with Crippen LogP contribution < -0.4 is 22.3 Å². The smallest absolute Gasteiger partial charge is 0.314 e. The summed E-state index contributed by atoms with van der Waals surface area (Å²) in [5.74, 6) is -0.388. The second-order valence-electron chi connectivity index (χ2n) is 7.92. The fraction of sp³-hybridized carbons (Fsp3) is 0.250. The van der Waals surface area contributed by atoms with Crippen LogP contribution in [0.1, 0.15) is 18.4 Å². The average molecular weight is 505 g/mol. The number of primary sulfonamides is 1. The van der Waals surface area contributed by atoms with Crippen molar-refractivity contribution in [1.29, 1.82) is 5.41 Å². The van der Waals surface area contributed by atoms with Crippen LogP contribution in [-0.4, -0.2) is 57.7 Å². The number of sulfonamides is 1. The molecule has 0 spiro atoms. The van der Waals surface area contributed by atoms with E-state index in [-0.39, 0.29) is 22.0 Å². The number of urea groups is 1. The Kier molecular flexibility index (Phi) is 6.05. The minimum atomic E-state index is -4.45. The third kappa shape index (κ3) is 4.22. The molecule has 180 valence electrons. The molecule has 1 aliphatic rings. The molecule has 34 heavy (non-hydrogen) atoms. The number of H-pyrrole nitrogens is 1. The van der Waals surface area contributed by atoms with Gasteiger partial charge in [-0.25, -0.2) is 23.3 Å². The zero-order valence-electron chi connectivity index (χ0n) is 17.9. The van der Waals surface area contributed by atoms with Gasteiger partial charge in [-0.1, -0.05) is 18.2 Å². The highest BCUT2D eigenvalue weighted by atomic mass is 32.2. The maximum Gasteiger partial charge on any atom is 0.314 e. The first-order valence-electron chi connectivity index (χ1n) is 10.2. The number of nitrogen functional groups attached to an aromatic ring is 2. The lowest BCUT2D eigenvalue weighted by Gasteiger charge is -2.30. The molecule has 1 saturated heterocycles. The van der Waals surface area contributed by atoms with Crippen LogP contribution in [0.4, 0.5) is 10.7 Å². The lowest BCUT2D eigenvalue weighted by Crippen LogP contribution is -2.44.